The van der Waals surface area contributed by atoms with E-state index < -0.39 is 0 Å². The predicted molar refractivity (Wildman–Crippen MR) is 79.3 cm³/mol. The molecule has 1 heterocycles. The topological polar surface area (TPSA) is 64.3 Å². The first kappa shape index (κ1) is 14.6. The summed E-state index contributed by atoms with van der Waals surface area (Å²) in [6.07, 6.45) is 2.49. The molecule has 1 amide bonds. The summed E-state index contributed by atoms with van der Waals surface area (Å²) in [4.78, 5) is 11.9. The van der Waals surface area contributed by atoms with Gasteiger partial charge in [0.15, 0.2) is 0 Å². The summed E-state index contributed by atoms with van der Waals surface area (Å²) in [7, 11) is 0. The first-order chi connectivity index (χ1) is 9.69. The molecular formula is C16H20N2O2. The van der Waals surface area contributed by atoms with Gasteiger partial charge >= 0.3 is 0 Å². The second kappa shape index (κ2) is 7.09. The first-order valence-corrected chi connectivity index (χ1v) is 6.90. The number of anilines is 1. The third-order valence-corrected chi connectivity index (χ3v) is 3.28. The van der Waals surface area contributed by atoms with Crippen molar-refractivity contribution in [2.75, 3.05) is 18.5 Å². The van der Waals surface area contributed by atoms with Gasteiger partial charge < -0.3 is 15.8 Å². The molecule has 20 heavy (non-hydrogen) atoms. The van der Waals surface area contributed by atoms with E-state index in [1.54, 1.807) is 0 Å². The molecule has 3 N–H and O–H groups in total. The van der Waals surface area contributed by atoms with Gasteiger partial charge in [-0.25, -0.2) is 0 Å². The van der Waals surface area contributed by atoms with Gasteiger partial charge in [-0.15, -0.1) is 0 Å². The zero-order chi connectivity index (χ0) is 14.4. The lowest BCUT2D eigenvalue weighted by Crippen LogP contribution is -2.19. The number of rotatable bonds is 3. The van der Waals surface area contributed by atoms with Crippen molar-refractivity contribution < 1.29 is 9.53 Å². The molecule has 1 atom stereocenters. The summed E-state index contributed by atoms with van der Waals surface area (Å²) in [5, 5.41) is 2.89. The fourth-order valence-corrected chi connectivity index (χ4v) is 2.20. The molecule has 1 unspecified atom stereocenters. The van der Waals surface area contributed by atoms with Gasteiger partial charge in [-0.2, -0.15) is 0 Å². The zero-order valence-corrected chi connectivity index (χ0v) is 11.7. The van der Waals surface area contributed by atoms with E-state index in [-0.39, 0.29) is 12.0 Å². The van der Waals surface area contributed by atoms with Crippen LogP contribution in [0, 0.1) is 18.8 Å². The van der Waals surface area contributed by atoms with E-state index in [1.165, 1.54) is 0 Å². The highest BCUT2D eigenvalue weighted by Crippen LogP contribution is 2.18. The SMILES string of the molecule is Cc1ccc(NC(=O)CC2CCCO2)cc1C#CCN. The number of aryl methyl sites for hydroxylation is 1. The fraction of sp³-hybridized carbons (Fsp3) is 0.438. The van der Waals surface area contributed by atoms with Gasteiger partial charge in [0.25, 0.3) is 0 Å². The normalized spacial score (nSPS) is 17.4. The highest BCUT2D eigenvalue weighted by Gasteiger charge is 2.19. The highest BCUT2D eigenvalue weighted by molar-refractivity contribution is 5.91. The maximum Gasteiger partial charge on any atom is 0.226 e. The summed E-state index contributed by atoms with van der Waals surface area (Å²) in [6.45, 7) is 3.08. The third kappa shape index (κ3) is 4.09. The van der Waals surface area contributed by atoms with Crippen LogP contribution in [0.5, 0.6) is 0 Å². The van der Waals surface area contributed by atoms with Crippen molar-refractivity contribution in [3.8, 4) is 11.8 Å². The Kier molecular flexibility index (Phi) is 5.16. The van der Waals surface area contributed by atoms with Crippen molar-refractivity contribution in [2.24, 2.45) is 5.73 Å². The number of carbonyl (C=O) groups excluding carboxylic acids is 1. The van der Waals surface area contributed by atoms with Crippen LogP contribution in [0.4, 0.5) is 5.69 Å². The molecule has 1 aromatic rings. The Bertz CT molecular complexity index is 537. The fourth-order valence-electron chi connectivity index (χ4n) is 2.20. The molecule has 1 aliphatic heterocycles. The van der Waals surface area contributed by atoms with Crippen LogP contribution in [-0.4, -0.2) is 25.2 Å². The van der Waals surface area contributed by atoms with Crippen molar-refractivity contribution in [3.05, 3.63) is 29.3 Å². The predicted octanol–water partition coefficient (Wildman–Crippen LogP) is 1.81. The molecule has 0 spiro atoms. The Labute approximate surface area is 119 Å². The van der Waals surface area contributed by atoms with E-state index in [0.717, 1.165) is 36.3 Å². The van der Waals surface area contributed by atoms with Gasteiger partial charge in [0, 0.05) is 17.9 Å². The van der Waals surface area contributed by atoms with Crippen molar-refractivity contribution >= 4 is 11.6 Å². The minimum atomic E-state index is -0.0153. The molecule has 2 rings (SSSR count). The van der Waals surface area contributed by atoms with Crippen LogP contribution in [0.2, 0.25) is 0 Å². The second-order valence-corrected chi connectivity index (χ2v) is 4.92. The zero-order valence-electron chi connectivity index (χ0n) is 11.7. The number of amides is 1. The number of hydrogen-bond acceptors (Lipinski definition) is 3. The Balaban J connectivity index is 1.99. The third-order valence-electron chi connectivity index (χ3n) is 3.28. The van der Waals surface area contributed by atoms with Gasteiger partial charge in [-0.05, 0) is 37.5 Å². The van der Waals surface area contributed by atoms with E-state index >= 15 is 0 Å². The average molecular weight is 272 g/mol. The van der Waals surface area contributed by atoms with E-state index in [1.807, 2.05) is 25.1 Å². The van der Waals surface area contributed by atoms with Crippen LogP contribution >= 0.6 is 0 Å². The van der Waals surface area contributed by atoms with Gasteiger partial charge in [0.1, 0.15) is 0 Å². The standard InChI is InChI=1S/C16H20N2O2/c1-12-6-7-14(10-13(12)4-2-8-17)18-16(19)11-15-5-3-9-20-15/h6-7,10,15H,3,5,8-9,11,17H2,1H3,(H,18,19). The summed E-state index contributed by atoms with van der Waals surface area (Å²) in [5.74, 6) is 5.82. The van der Waals surface area contributed by atoms with Crippen molar-refractivity contribution in [2.45, 2.75) is 32.3 Å². The molecule has 1 aliphatic rings. The number of nitrogens with two attached hydrogens (primary N) is 1. The van der Waals surface area contributed by atoms with Crippen molar-refractivity contribution in [1.29, 1.82) is 0 Å². The minimum absolute atomic E-state index is 0.0153. The lowest BCUT2D eigenvalue weighted by atomic mass is 10.1. The van der Waals surface area contributed by atoms with Gasteiger partial charge in [0.2, 0.25) is 5.91 Å². The van der Waals surface area contributed by atoms with Crippen LogP contribution in [-0.2, 0) is 9.53 Å². The number of hydrogen-bond donors (Lipinski definition) is 2. The number of nitrogens with one attached hydrogen (secondary N) is 1. The van der Waals surface area contributed by atoms with E-state index in [9.17, 15) is 4.79 Å². The van der Waals surface area contributed by atoms with Crippen molar-refractivity contribution in [3.63, 3.8) is 0 Å². The molecule has 0 saturated carbocycles. The summed E-state index contributed by atoms with van der Waals surface area (Å²) in [6, 6.07) is 5.71. The number of ether oxygens (including phenoxy) is 1. The largest absolute Gasteiger partial charge is 0.378 e. The maximum atomic E-state index is 11.9. The molecule has 4 nitrogen and oxygen atoms in total. The van der Waals surface area contributed by atoms with Crippen LogP contribution < -0.4 is 11.1 Å². The number of benzene rings is 1. The lowest BCUT2D eigenvalue weighted by molar-refractivity contribution is -0.118. The molecule has 0 radical (unpaired) electrons. The first-order valence-electron chi connectivity index (χ1n) is 6.90. The molecular weight excluding hydrogens is 252 g/mol. The van der Waals surface area contributed by atoms with Crippen LogP contribution in [0.15, 0.2) is 18.2 Å². The lowest BCUT2D eigenvalue weighted by Gasteiger charge is -2.10. The molecule has 0 bridgehead atoms. The van der Waals surface area contributed by atoms with Crippen LogP contribution in [0.3, 0.4) is 0 Å². The Morgan fingerprint density at radius 2 is 2.40 bits per heavy atom. The van der Waals surface area contributed by atoms with Crippen LogP contribution in [0.25, 0.3) is 0 Å². The average Bonchev–Trinajstić information content (AvgIpc) is 2.92. The molecule has 0 aliphatic carbocycles. The maximum absolute atomic E-state index is 11.9. The van der Waals surface area contributed by atoms with Gasteiger partial charge in [-0.3, -0.25) is 4.79 Å². The molecule has 1 aromatic carbocycles. The summed E-state index contributed by atoms with van der Waals surface area (Å²) < 4.78 is 5.46. The van der Waals surface area contributed by atoms with E-state index in [0.29, 0.717) is 13.0 Å². The van der Waals surface area contributed by atoms with Crippen molar-refractivity contribution in [1.82, 2.24) is 0 Å². The van der Waals surface area contributed by atoms with Gasteiger partial charge in [0.05, 0.1) is 19.1 Å². The van der Waals surface area contributed by atoms with Crippen LogP contribution in [0.1, 0.15) is 30.4 Å². The second-order valence-electron chi connectivity index (χ2n) is 4.92. The molecule has 1 saturated heterocycles. The Morgan fingerprint density at radius 3 is 3.10 bits per heavy atom. The summed E-state index contributed by atoms with van der Waals surface area (Å²) >= 11 is 0. The monoisotopic (exact) mass is 272 g/mol. The van der Waals surface area contributed by atoms with Gasteiger partial charge in [-0.1, -0.05) is 17.9 Å². The summed E-state index contributed by atoms with van der Waals surface area (Å²) in [5.41, 5.74) is 8.11. The minimum Gasteiger partial charge on any atom is -0.378 e. The highest BCUT2D eigenvalue weighted by atomic mass is 16.5. The molecule has 106 valence electrons. The Morgan fingerprint density at radius 1 is 1.55 bits per heavy atom. The smallest absolute Gasteiger partial charge is 0.226 e. The number of carbonyl (C=O) groups is 1. The quantitative estimate of drug-likeness (QED) is 0.825. The molecule has 4 heteroatoms. The molecule has 0 aromatic heterocycles. The molecule has 1 fully saturated rings. The van der Waals surface area contributed by atoms with E-state index in [2.05, 4.69) is 17.2 Å². The van der Waals surface area contributed by atoms with E-state index in [4.69, 9.17) is 10.5 Å². The Hall–Kier alpha value is -1.83.